The maximum atomic E-state index is 5.60. The van der Waals surface area contributed by atoms with Gasteiger partial charge in [-0.05, 0) is 43.8 Å². The van der Waals surface area contributed by atoms with Gasteiger partial charge in [0.1, 0.15) is 0 Å². The molecule has 1 aromatic rings. The fraction of sp³-hybridized carbons (Fsp3) is 0.571. The number of unbranched alkanes of at least 4 members (excludes halogenated alkanes) is 1. The summed E-state index contributed by atoms with van der Waals surface area (Å²) in [5.74, 6) is 0.772. The van der Waals surface area contributed by atoms with Crippen LogP contribution >= 0.6 is 0 Å². The van der Waals surface area contributed by atoms with Crippen molar-refractivity contribution in [1.29, 1.82) is 0 Å². The molecule has 1 saturated heterocycles. The van der Waals surface area contributed by atoms with Crippen molar-refractivity contribution in [3.8, 4) is 0 Å². The summed E-state index contributed by atoms with van der Waals surface area (Å²) in [6.45, 7) is 4.56. The number of nitrogens with zero attached hydrogens (tertiary/aromatic N) is 1. The lowest BCUT2D eigenvalue weighted by atomic mass is 10.00. The highest BCUT2D eigenvalue weighted by Crippen LogP contribution is 2.14. The van der Waals surface area contributed by atoms with Gasteiger partial charge in [0.15, 0.2) is 0 Å². The third-order valence-corrected chi connectivity index (χ3v) is 3.40. The number of rotatable bonds is 6. The van der Waals surface area contributed by atoms with Crippen molar-refractivity contribution in [2.45, 2.75) is 19.3 Å². The Kier molecular flexibility index (Phi) is 4.37. The van der Waals surface area contributed by atoms with Crippen LogP contribution in [0.1, 0.15) is 18.4 Å². The first-order chi connectivity index (χ1) is 7.88. The summed E-state index contributed by atoms with van der Waals surface area (Å²) < 4.78 is 0. The van der Waals surface area contributed by atoms with Crippen LogP contribution in [0.5, 0.6) is 0 Å². The van der Waals surface area contributed by atoms with Crippen LogP contribution in [-0.2, 0) is 6.42 Å². The topological polar surface area (TPSA) is 29.3 Å². The smallest absolute Gasteiger partial charge is 0.00341 e. The number of aryl methyl sites for hydroxylation is 1. The fourth-order valence-corrected chi connectivity index (χ4v) is 2.32. The summed E-state index contributed by atoms with van der Waals surface area (Å²) >= 11 is 0. The molecule has 0 bridgehead atoms. The number of benzene rings is 1. The number of likely N-dealkylation sites (tertiary alicyclic amines) is 1. The lowest BCUT2D eigenvalue weighted by Crippen LogP contribution is -2.49. The Labute approximate surface area is 98.4 Å². The van der Waals surface area contributed by atoms with Crippen LogP contribution in [0.3, 0.4) is 0 Å². The van der Waals surface area contributed by atoms with Crippen LogP contribution in [0, 0.1) is 5.92 Å². The molecule has 1 fully saturated rings. The summed E-state index contributed by atoms with van der Waals surface area (Å²) in [7, 11) is 0. The van der Waals surface area contributed by atoms with Gasteiger partial charge >= 0.3 is 0 Å². The molecule has 2 heteroatoms. The van der Waals surface area contributed by atoms with Crippen molar-refractivity contribution >= 4 is 0 Å². The Hall–Kier alpha value is -0.860. The van der Waals surface area contributed by atoms with E-state index in [0.29, 0.717) is 0 Å². The SMILES string of the molecule is NCC1CN(CCCCc2ccccc2)C1. The van der Waals surface area contributed by atoms with E-state index in [9.17, 15) is 0 Å². The molecule has 16 heavy (non-hydrogen) atoms. The molecule has 0 unspecified atom stereocenters. The third-order valence-electron chi connectivity index (χ3n) is 3.40. The van der Waals surface area contributed by atoms with Crippen LogP contribution in [-0.4, -0.2) is 31.1 Å². The van der Waals surface area contributed by atoms with E-state index in [0.717, 1.165) is 12.5 Å². The first-order valence-corrected chi connectivity index (χ1v) is 6.35. The molecule has 0 spiro atoms. The van der Waals surface area contributed by atoms with Gasteiger partial charge in [-0.3, -0.25) is 0 Å². The van der Waals surface area contributed by atoms with Crippen LogP contribution < -0.4 is 5.73 Å². The van der Waals surface area contributed by atoms with Gasteiger partial charge in [-0.2, -0.15) is 0 Å². The van der Waals surface area contributed by atoms with E-state index >= 15 is 0 Å². The van der Waals surface area contributed by atoms with E-state index in [1.165, 1.54) is 44.5 Å². The van der Waals surface area contributed by atoms with Gasteiger partial charge in [-0.15, -0.1) is 0 Å². The summed E-state index contributed by atoms with van der Waals surface area (Å²) in [4.78, 5) is 2.52. The monoisotopic (exact) mass is 218 g/mol. The van der Waals surface area contributed by atoms with Crippen molar-refractivity contribution in [1.82, 2.24) is 4.90 Å². The standard InChI is InChI=1S/C14H22N2/c15-10-14-11-16(12-14)9-5-4-8-13-6-2-1-3-7-13/h1-3,6-7,14H,4-5,8-12,15H2. The van der Waals surface area contributed by atoms with Crippen LogP contribution in [0.15, 0.2) is 30.3 Å². The summed E-state index contributed by atoms with van der Waals surface area (Å²) in [6.07, 6.45) is 3.83. The van der Waals surface area contributed by atoms with Gasteiger partial charge in [0.25, 0.3) is 0 Å². The maximum Gasteiger partial charge on any atom is 0.00341 e. The Balaban J connectivity index is 1.53. The highest BCUT2D eigenvalue weighted by molar-refractivity contribution is 5.14. The van der Waals surface area contributed by atoms with Crippen LogP contribution in [0.4, 0.5) is 0 Å². The average molecular weight is 218 g/mol. The minimum absolute atomic E-state index is 0.772. The molecule has 1 aliphatic rings. The zero-order chi connectivity index (χ0) is 11.2. The van der Waals surface area contributed by atoms with E-state index < -0.39 is 0 Å². The van der Waals surface area contributed by atoms with E-state index in [2.05, 4.69) is 35.2 Å². The second-order valence-corrected chi connectivity index (χ2v) is 4.80. The van der Waals surface area contributed by atoms with Crippen molar-refractivity contribution < 1.29 is 0 Å². The van der Waals surface area contributed by atoms with Gasteiger partial charge < -0.3 is 10.6 Å². The number of nitrogens with two attached hydrogens (primary N) is 1. The van der Waals surface area contributed by atoms with Crippen molar-refractivity contribution in [2.24, 2.45) is 11.7 Å². The van der Waals surface area contributed by atoms with Gasteiger partial charge in [0.05, 0.1) is 0 Å². The molecule has 88 valence electrons. The molecule has 0 amide bonds. The Morgan fingerprint density at radius 1 is 1.12 bits per heavy atom. The Bertz CT molecular complexity index is 291. The van der Waals surface area contributed by atoms with Gasteiger partial charge in [0.2, 0.25) is 0 Å². The van der Waals surface area contributed by atoms with Gasteiger partial charge in [-0.1, -0.05) is 30.3 Å². The van der Waals surface area contributed by atoms with Crippen LogP contribution in [0.25, 0.3) is 0 Å². The van der Waals surface area contributed by atoms with Crippen molar-refractivity contribution in [3.05, 3.63) is 35.9 Å². The summed E-state index contributed by atoms with van der Waals surface area (Å²) in [5.41, 5.74) is 7.06. The molecule has 1 aliphatic heterocycles. The first-order valence-electron chi connectivity index (χ1n) is 6.35. The molecule has 2 rings (SSSR count). The van der Waals surface area contributed by atoms with E-state index in [4.69, 9.17) is 5.73 Å². The normalized spacial score (nSPS) is 17.3. The lowest BCUT2D eigenvalue weighted by molar-refractivity contribution is 0.104. The first kappa shape index (κ1) is 11.6. The third kappa shape index (κ3) is 3.32. The largest absolute Gasteiger partial charge is 0.330 e. The zero-order valence-corrected chi connectivity index (χ0v) is 9.94. The molecule has 0 atom stereocenters. The zero-order valence-electron chi connectivity index (χ0n) is 9.94. The molecule has 0 saturated carbocycles. The highest BCUT2D eigenvalue weighted by atomic mass is 15.2. The summed E-state index contributed by atoms with van der Waals surface area (Å²) in [6, 6.07) is 10.8. The quantitative estimate of drug-likeness (QED) is 0.739. The van der Waals surface area contributed by atoms with Crippen molar-refractivity contribution in [2.75, 3.05) is 26.2 Å². The predicted molar refractivity (Wildman–Crippen MR) is 68.4 cm³/mol. The minimum atomic E-state index is 0.772. The van der Waals surface area contributed by atoms with E-state index in [-0.39, 0.29) is 0 Å². The molecular formula is C14H22N2. The Morgan fingerprint density at radius 3 is 2.56 bits per heavy atom. The minimum Gasteiger partial charge on any atom is -0.330 e. The molecule has 0 radical (unpaired) electrons. The van der Waals surface area contributed by atoms with E-state index in [1.807, 2.05) is 0 Å². The maximum absolute atomic E-state index is 5.60. The van der Waals surface area contributed by atoms with Crippen LogP contribution in [0.2, 0.25) is 0 Å². The molecule has 1 heterocycles. The van der Waals surface area contributed by atoms with Crippen molar-refractivity contribution in [3.63, 3.8) is 0 Å². The van der Waals surface area contributed by atoms with Gasteiger partial charge in [-0.25, -0.2) is 0 Å². The molecule has 2 nitrogen and oxygen atoms in total. The van der Waals surface area contributed by atoms with E-state index in [1.54, 1.807) is 0 Å². The average Bonchev–Trinajstić information content (AvgIpc) is 2.28. The lowest BCUT2D eigenvalue weighted by Gasteiger charge is -2.38. The predicted octanol–water partition coefficient (Wildman–Crippen LogP) is 1.90. The summed E-state index contributed by atoms with van der Waals surface area (Å²) in [5, 5.41) is 0. The second-order valence-electron chi connectivity index (χ2n) is 4.80. The molecular weight excluding hydrogens is 196 g/mol. The molecule has 2 N–H and O–H groups in total. The van der Waals surface area contributed by atoms with Gasteiger partial charge in [0, 0.05) is 13.1 Å². The number of hydrogen-bond donors (Lipinski definition) is 1. The molecule has 1 aromatic carbocycles. The molecule has 0 aromatic heterocycles. The number of hydrogen-bond acceptors (Lipinski definition) is 2. The second kappa shape index (κ2) is 6.02. The highest BCUT2D eigenvalue weighted by Gasteiger charge is 2.23. The Morgan fingerprint density at radius 2 is 1.88 bits per heavy atom. The fourth-order valence-electron chi connectivity index (χ4n) is 2.32. The molecule has 0 aliphatic carbocycles.